The summed E-state index contributed by atoms with van der Waals surface area (Å²) in [5.74, 6) is 3.36. The predicted octanol–water partition coefficient (Wildman–Crippen LogP) is 3.90. The van der Waals surface area contributed by atoms with Gasteiger partial charge in [-0.25, -0.2) is 4.98 Å². The molecule has 1 aromatic heterocycles. The Morgan fingerprint density at radius 1 is 1.06 bits per heavy atom. The summed E-state index contributed by atoms with van der Waals surface area (Å²) in [5, 5.41) is 6.03. The van der Waals surface area contributed by atoms with E-state index < -0.39 is 0 Å². The largest absolute Gasteiger partial charge is 0.355 e. The second kappa shape index (κ2) is 8.13. The molecule has 2 aromatic rings. The number of aromatic nitrogens is 2. The van der Waals surface area contributed by atoms with Crippen LogP contribution in [0.5, 0.6) is 0 Å². The zero-order chi connectivity index (χ0) is 21.4. The van der Waals surface area contributed by atoms with Gasteiger partial charge < -0.3 is 15.2 Å². The van der Waals surface area contributed by atoms with Crippen molar-refractivity contribution >= 4 is 17.5 Å². The van der Waals surface area contributed by atoms with Crippen molar-refractivity contribution in [2.75, 3.05) is 11.9 Å². The molecule has 1 heterocycles. The fraction of sp³-hybridized carbons (Fsp3) is 0.560. The summed E-state index contributed by atoms with van der Waals surface area (Å²) in [7, 11) is 0. The first-order chi connectivity index (χ1) is 15.0. The Kier molecular flexibility index (Phi) is 5.32. The van der Waals surface area contributed by atoms with Gasteiger partial charge in [0.1, 0.15) is 5.82 Å². The molecule has 4 bridgehead atoms. The molecule has 4 aliphatic rings. The van der Waals surface area contributed by atoms with Crippen LogP contribution in [0.3, 0.4) is 0 Å². The highest BCUT2D eigenvalue weighted by molar-refractivity contribution is 5.91. The average Bonchev–Trinajstić information content (AvgIpc) is 3.13. The van der Waals surface area contributed by atoms with Gasteiger partial charge in [0.05, 0.1) is 0 Å². The number of aryl methyl sites for hydroxylation is 1. The van der Waals surface area contributed by atoms with Crippen molar-refractivity contribution in [3.8, 4) is 0 Å². The monoisotopic (exact) mass is 420 g/mol. The van der Waals surface area contributed by atoms with Crippen LogP contribution in [0, 0.1) is 30.1 Å². The van der Waals surface area contributed by atoms with Gasteiger partial charge in [-0.05, 0) is 80.9 Å². The lowest BCUT2D eigenvalue weighted by atomic mass is 9.49. The molecule has 2 amide bonds. The fourth-order valence-corrected chi connectivity index (χ4v) is 6.55. The van der Waals surface area contributed by atoms with E-state index in [1.807, 2.05) is 37.4 Å². The van der Waals surface area contributed by atoms with Crippen molar-refractivity contribution in [3.63, 3.8) is 0 Å². The molecule has 0 atom stereocenters. The Labute approximate surface area is 183 Å². The maximum Gasteiger partial charge on any atom is 0.226 e. The molecule has 6 heteroatoms. The van der Waals surface area contributed by atoms with Gasteiger partial charge in [-0.15, -0.1) is 0 Å². The summed E-state index contributed by atoms with van der Waals surface area (Å²) in [5.41, 5.74) is 1.79. The number of hydrogen-bond donors (Lipinski definition) is 2. The first kappa shape index (κ1) is 20.3. The number of carbonyl (C=O) groups excluding carboxylic acids is 2. The van der Waals surface area contributed by atoms with Gasteiger partial charge in [-0.3, -0.25) is 9.59 Å². The number of nitrogens with one attached hydrogen (secondary N) is 2. The van der Waals surface area contributed by atoms with Gasteiger partial charge >= 0.3 is 0 Å². The highest BCUT2D eigenvalue weighted by Gasteiger charge is 2.54. The van der Waals surface area contributed by atoms with E-state index in [4.69, 9.17) is 0 Å². The molecule has 164 valence electrons. The predicted molar refractivity (Wildman–Crippen MR) is 119 cm³/mol. The van der Waals surface area contributed by atoms with E-state index in [0.717, 1.165) is 60.6 Å². The highest BCUT2D eigenvalue weighted by atomic mass is 16.2. The summed E-state index contributed by atoms with van der Waals surface area (Å²) in [6.45, 7) is 3.15. The van der Waals surface area contributed by atoms with Gasteiger partial charge in [-0.2, -0.15) is 0 Å². The quantitative estimate of drug-likeness (QED) is 0.713. The zero-order valence-corrected chi connectivity index (χ0v) is 18.3. The molecule has 1 aromatic carbocycles. The minimum absolute atomic E-state index is 0.0657. The molecule has 4 aliphatic carbocycles. The SMILES string of the molecule is Cc1nccn1Cc1ccc(NC(=O)CCNC(=O)C23CC4CC(CC(C4)C2)C3)cc1. The molecule has 0 radical (unpaired) electrons. The second-order valence-electron chi connectivity index (χ2n) is 10.1. The number of anilines is 1. The van der Waals surface area contributed by atoms with E-state index in [-0.39, 0.29) is 17.2 Å². The third-order valence-corrected chi connectivity index (χ3v) is 7.67. The normalized spacial score (nSPS) is 28.5. The molecule has 0 spiro atoms. The fourth-order valence-electron chi connectivity index (χ4n) is 6.55. The first-order valence-corrected chi connectivity index (χ1v) is 11.6. The van der Waals surface area contributed by atoms with Gasteiger partial charge in [-0.1, -0.05) is 12.1 Å². The lowest BCUT2D eigenvalue weighted by molar-refractivity contribution is -0.146. The van der Waals surface area contributed by atoms with Crippen molar-refractivity contribution in [1.29, 1.82) is 0 Å². The Hall–Kier alpha value is -2.63. The number of amides is 2. The second-order valence-corrected chi connectivity index (χ2v) is 10.1. The maximum absolute atomic E-state index is 13.0. The van der Waals surface area contributed by atoms with Crippen LogP contribution in [0.25, 0.3) is 0 Å². The van der Waals surface area contributed by atoms with E-state index >= 15 is 0 Å². The van der Waals surface area contributed by atoms with Gasteiger partial charge in [0.2, 0.25) is 11.8 Å². The van der Waals surface area contributed by atoms with Crippen LogP contribution in [0.1, 0.15) is 56.3 Å². The third kappa shape index (κ3) is 4.25. The minimum atomic E-state index is -0.144. The van der Waals surface area contributed by atoms with Crippen LogP contribution in [-0.4, -0.2) is 27.9 Å². The van der Waals surface area contributed by atoms with Crippen LogP contribution in [0.4, 0.5) is 5.69 Å². The van der Waals surface area contributed by atoms with Crippen LogP contribution >= 0.6 is 0 Å². The van der Waals surface area contributed by atoms with Crippen LogP contribution in [0.2, 0.25) is 0 Å². The molecule has 6 nitrogen and oxygen atoms in total. The number of benzene rings is 1. The van der Waals surface area contributed by atoms with Crippen LogP contribution in [-0.2, 0) is 16.1 Å². The Morgan fingerprint density at radius 3 is 2.29 bits per heavy atom. The molecule has 4 fully saturated rings. The molecule has 4 saturated carbocycles. The number of imidazole rings is 1. The first-order valence-electron chi connectivity index (χ1n) is 11.6. The van der Waals surface area contributed by atoms with Gasteiger partial charge in [0.25, 0.3) is 0 Å². The van der Waals surface area contributed by atoms with Crippen LogP contribution in [0.15, 0.2) is 36.7 Å². The van der Waals surface area contributed by atoms with Crippen molar-refractivity contribution in [3.05, 3.63) is 48.0 Å². The molecule has 0 unspecified atom stereocenters. The summed E-state index contributed by atoms with van der Waals surface area (Å²) >= 11 is 0. The van der Waals surface area contributed by atoms with Crippen molar-refractivity contribution in [2.24, 2.45) is 23.2 Å². The van der Waals surface area contributed by atoms with E-state index in [9.17, 15) is 9.59 Å². The van der Waals surface area contributed by atoms with Gasteiger partial charge in [0.15, 0.2) is 0 Å². The molecular formula is C25H32N4O2. The Balaban J connectivity index is 1.08. The van der Waals surface area contributed by atoms with E-state index in [2.05, 4.69) is 20.2 Å². The number of rotatable bonds is 7. The Bertz CT molecular complexity index is 927. The lowest BCUT2D eigenvalue weighted by Crippen LogP contribution is -2.53. The topological polar surface area (TPSA) is 76.0 Å². The minimum Gasteiger partial charge on any atom is -0.355 e. The number of hydrogen-bond acceptors (Lipinski definition) is 3. The van der Waals surface area contributed by atoms with E-state index in [0.29, 0.717) is 13.0 Å². The summed E-state index contributed by atoms with van der Waals surface area (Å²) in [6, 6.07) is 7.88. The molecule has 31 heavy (non-hydrogen) atoms. The molecule has 2 N–H and O–H groups in total. The average molecular weight is 421 g/mol. The van der Waals surface area contributed by atoms with Crippen molar-refractivity contribution in [1.82, 2.24) is 14.9 Å². The number of nitrogens with zero attached hydrogens (tertiary/aromatic N) is 2. The summed E-state index contributed by atoms with van der Waals surface area (Å²) in [4.78, 5) is 29.6. The molecule has 0 saturated heterocycles. The summed E-state index contributed by atoms with van der Waals surface area (Å²) < 4.78 is 2.08. The third-order valence-electron chi connectivity index (χ3n) is 7.67. The zero-order valence-electron chi connectivity index (χ0n) is 18.3. The smallest absolute Gasteiger partial charge is 0.226 e. The van der Waals surface area contributed by atoms with Crippen molar-refractivity contribution in [2.45, 2.75) is 58.4 Å². The van der Waals surface area contributed by atoms with Crippen LogP contribution < -0.4 is 10.6 Å². The van der Waals surface area contributed by atoms with Gasteiger partial charge in [0, 0.05) is 43.0 Å². The Morgan fingerprint density at radius 2 is 1.71 bits per heavy atom. The van der Waals surface area contributed by atoms with Crippen molar-refractivity contribution < 1.29 is 9.59 Å². The number of carbonyl (C=O) groups is 2. The summed E-state index contributed by atoms with van der Waals surface area (Å²) in [6.07, 6.45) is 11.2. The molecule has 6 rings (SSSR count). The highest BCUT2D eigenvalue weighted by Crippen LogP contribution is 2.60. The van der Waals surface area contributed by atoms with E-state index in [1.165, 1.54) is 19.3 Å². The standard InChI is InChI=1S/C25H32N4O2/c1-17-26-8-9-29(17)16-18-2-4-22(5-3-18)28-23(30)6-7-27-24(31)25-13-19-10-20(14-25)12-21(11-19)15-25/h2-5,8-9,19-21H,6-7,10-16H2,1H3,(H,27,31)(H,28,30). The lowest BCUT2D eigenvalue weighted by Gasteiger charge is -2.55. The molecule has 0 aliphatic heterocycles. The maximum atomic E-state index is 13.0. The van der Waals surface area contributed by atoms with E-state index in [1.54, 1.807) is 6.20 Å². The molecular weight excluding hydrogens is 388 g/mol.